The molecule has 1 aliphatic heterocycles. The van der Waals surface area contributed by atoms with E-state index in [2.05, 4.69) is 22.0 Å². The Bertz CT molecular complexity index is 1080. The van der Waals surface area contributed by atoms with Crippen LogP contribution in [-0.4, -0.2) is 39.6 Å². The van der Waals surface area contributed by atoms with Gasteiger partial charge in [-0.3, -0.25) is 4.99 Å². The third-order valence-corrected chi connectivity index (χ3v) is 5.39. The number of halogens is 2. The van der Waals surface area contributed by atoms with Gasteiger partial charge >= 0.3 is 0 Å². The average molecular weight is 455 g/mol. The van der Waals surface area contributed by atoms with Gasteiger partial charge in [0, 0.05) is 25.0 Å². The van der Waals surface area contributed by atoms with E-state index >= 15 is 0 Å². The van der Waals surface area contributed by atoms with Gasteiger partial charge in [0.25, 0.3) is 0 Å². The van der Waals surface area contributed by atoms with E-state index in [1.165, 1.54) is 12.1 Å². The highest BCUT2D eigenvalue weighted by molar-refractivity contribution is 6.32. The summed E-state index contributed by atoms with van der Waals surface area (Å²) < 4.78 is 30.0. The van der Waals surface area contributed by atoms with Crippen LogP contribution in [0.5, 0.6) is 11.5 Å². The van der Waals surface area contributed by atoms with E-state index in [9.17, 15) is 4.39 Å². The predicted molar refractivity (Wildman–Crippen MR) is 125 cm³/mol. The van der Waals surface area contributed by atoms with Crippen molar-refractivity contribution in [3.8, 4) is 11.5 Å². The summed E-state index contributed by atoms with van der Waals surface area (Å²) in [4.78, 5) is 6.84. The highest BCUT2D eigenvalue weighted by Crippen LogP contribution is 2.36. The molecule has 1 fully saturated rings. The first-order chi connectivity index (χ1) is 15.6. The molecule has 0 N–H and O–H groups in total. The standard InChI is InChI=1S/C25H24ClFN2O3/c1-30-24-15-19(14-23(26)25(24)32-17-18-3-2-4-20(27)13-18)16-28-21-5-7-22(8-6-21)29-9-11-31-12-10-29/h2-8,13-16H,9-12,17H2,1H3. The molecule has 3 aromatic carbocycles. The number of rotatable bonds is 7. The zero-order valence-corrected chi connectivity index (χ0v) is 18.5. The van der Waals surface area contributed by atoms with Crippen molar-refractivity contribution < 1.29 is 18.6 Å². The summed E-state index contributed by atoms with van der Waals surface area (Å²) in [5, 5.41) is 0.393. The number of ether oxygens (including phenoxy) is 3. The fourth-order valence-electron chi connectivity index (χ4n) is 3.46. The van der Waals surface area contributed by atoms with Gasteiger partial charge in [0.1, 0.15) is 12.4 Å². The zero-order valence-electron chi connectivity index (χ0n) is 17.8. The Morgan fingerprint density at radius 1 is 1.09 bits per heavy atom. The van der Waals surface area contributed by atoms with Gasteiger partial charge < -0.3 is 19.1 Å². The maximum Gasteiger partial charge on any atom is 0.180 e. The largest absolute Gasteiger partial charge is 0.493 e. The summed E-state index contributed by atoms with van der Waals surface area (Å²) >= 11 is 6.44. The van der Waals surface area contributed by atoms with Gasteiger partial charge in [-0.15, -0.1) is 0 Å². The van der Waals surface area contributed by atoms with Crippen LogP contribution in [0.15, 0.2) is 65.7 Å². The lowest BCUT2D eigenvalue weighted by molar-refractivity contribution is 0.122. The molecule has 0 atom stereocenters. The number of anilines is 1. The van der Waals surface area contributed by atoms with E-state index < -0.39 is 0 Å². The zero-order chi connectivity index (χ0) is 22.3. The minimum absolute atomic E-state index is 0.177. The van der Waals surface area contributed by atoms with Crippen LogP contribution in [0.2, 0.25) is 5.02 Å². The molecule has 1 heterocycles. The number of hydrogen-bond acceptors (Lipinski definition) is 5. The van der Waals surface area contributed by atoms with Crippen molar-refractivity contribution in [2.24, 2.45) is 4.99 Å². The number of morpholine rings is 1. The molecule has 0 bridgehead atoms. The van der Waals surface area contributed by atoms with E-state index in [1.807, 2.05) is 12.1 Å². The van der Waals surface area contributed by atoms with E-state index in [0.29, 0.717) is 22.1 Å². The van der Waals surface area contributed by atoms with E-state index in [-0.39, 0.29) is 12.4 Å². The molecule has 3 aromatic rings. The quantitative estimate of drug-likeness (QED) is 0.432. The molecule has 1 saturated heterocycles. The number of hydrogen-bond donors (Lipinski definition) is 0. The van der Waals surface area contributed by atoms with Crippen molar-refractivity contribution in [2.45, 2.75) is 6.61 Å². The van der Waals surface area contributed by atoms with Crippen molar-refractivity contribution >= 4 is 29.2 Å². The molecule has 1 aliphatic rings. The van der Waals surface area contributed by atoms with Gasteiger partial charge in [-0.25, -0.2) is 4.39 Å². The molecule has 7 heteroatoms. The van der Waals surface area contributed by atoms with Gasteiger partial charge in [0.2, 0.25) is 0 Å². The molecule has 4 rings (SSSR count). The summed E-state index contributed by atoms with van der Waals surface area (Å²) in [5.74, 6) is 0.581. The Morgan fingerprint density at radius 3 is 2.59 bits per heavy atom. The Hall–Kier alpha value is -3.09. The van der Waals surface area contributed by atoms with Crippen LogP contribution >= 0.6 is 11.6 Å². The molecule has 0 radical (unpaired) electrons. The lowest BCUT2D eigenvalue weighted by Crippen LogP contribution is -2.36. The van der Waals surface area contributed by atoms with Crippen molar-refractivity contribution in [3.63, 3.8) is 0 Å². The van der Waals surface area contributed by atoms with Crippen molar-refractivity contribution in [2.75, 3.05) is 38.3 Å². The second-order valence-electron chi connectivity index (χ2n) is 7.33. The van der Waals surface area contributed by atoms with Gasteiger partial charge in [-0.05, 0) is 59.7 Å². The van der Waals surface area contributed by atoms with Gasteiger partial charge in [0.05, 0.1) is 31.0 Å². The lowest BCUT2D eigenvalue weighted by atomic mass is 10.2. The fraction of sp³-hybridized carbons (Fsp3) is 0.240. The number of benzene rings is 3. The summed E-state index contributed by atoms with van der Waals surface area (Å²) in [6.45, 7) is 3.48. The molecule has 0 aliphatic carbocycles. The van der Waals surface area contributed by atoms with Crippen LogP contribution in [0.1, 0.15) is 11.1 Å². The Labute approximate surface area is 192 Å². The minimum Gasteiger partial charge on any atom is -0.493 e. The summed E-state index contributed by atoms with van der Waals surface area (Å²) in [6, 6.07) is 17.9. The van der Waals surface area contributed by atoms with Crippen molar-refractivity contribution in [3.05, 3.63) is 82.6 Å². The lowest BCUT2D eigenvalue weighted by Gasteiger charge is -2.28. The maximum absolute atomic E-state index is 13.4. The third kappa shape index (κ3) is 5.58. The Kier molecular flexibility index (Phi) is 7.24. The molecule has 0 saturated carbocycles. The second-order valence-corrected chi connectivity index (χ2v) is 7.73. The van der Waals surface area contributed by atoms with Gasteiger partial charge in [0.15, 0.2) is 11.5 Å². The fourth-order valence-corrected chi connectivity index (χ4v) is 3.73. The molecule has 5 nitrogen and oxygen atoms in total. The van der Waals surface area contributed by atoms with Crippen LogP contribution in [-0.2, 0) is 11.3 Å². The first-order valence-electron chi connectivity index (χ1n) is 10.3. The van der Waals surface area contributed by atoms with Crippen molar-refractivity contribution in [1.29, 1.82) is 0 Å². The summed E-state index contributed by atoms with van der Waals surface area (Å²) in [7, 11) is 1.55. The topological polar surface area (TPSA) is 43.3 Å². The third-order valence-electron chi connectivity index (χ3n) is 5.11. The molecule has 0 unspecified atom stereocenters. The molecular formula is C25H24ClFN2O3. The second kappa shape index (κ2) is 10.5. The SMILES string of the molecule is COc1cc(C=Nc2ccc(N3CCOCC3)cc2)cc(Cl)c1OCc1cccc(F)c1. The maximum atomic E-state index is 13.4. The average Bonchev–Trinajstić information content (AvgIpc) is 2.82. The van der Waals surface area contributed by atoms with Crippen LogP contribution < -0.4 is 14.4 Å². The van der Waals surface area contributed by atoms with E-state index in [4.69, 9.17) is 25.8 Å². The normalized spacial score (nSPS) is 14.0. The first-order valence-corrected chi connectivity index (χ1v) is 10.7. The van der Waals surface area contributed by atoms with Crippen molar-refractivity contribution in [1.82, 2.24) is 0 Å². The molecule has 166 valence electrons. The molecule has 0 aromatic heterocycles. The minimum atomic E-state index is -0.311. The molecule has 0 amide bonds. The summed E-state index contributed by atoms with van der Waals surface area (Å²) in [5.41, 5.74) is 3.48. The first kappa shape index (κ1) is 22.1. The van der Waals surface area contributed by atoms with Crippen LogP contribution in [0.4, 0.5) is 15.8 Å². The van der Waals surface area contributed by atoms with Crippen LogP contribution in [0, 0.1) is 5.82 Å². The summed E-state index contributed by atoms with van der Waals surface area (Å²) in [6.07, 6.45) is 1.73. The molecular weight excluding hydrogens is 431 g/mol. The highest BCUT2D eigenvalue weighted by atomic mass is 35.5. The van der Waals surface area contributed by atoms with E-state index in [0.717, 1.165) is 43.2 Å². The predicted octanol–water partition coefficient (Wildman–Crippen LogP) is 5.65. The number of methoxy groups -OCH3 is 1. The van der Waals surface area contributed by atoms with Gasteiger partial charge in [-0.2, -0.15) is 0 Å². The highest BCUT2D eigenvalue weighted by Gasteiger charge is 2.13. The van der Waals surface area contributed by atoms with Crippen LogP contribution in [0.3, 0.4) is 0 Å². The van der Waals surface area contributed by atoms with Crippen LogP contribution in [0.25, 0.3) is 0 Å². The van der Waals surface area contributed by atoms with Gasteiger partial charge in [-0.1, -0.05) is 23.7 Å². The number of aliphatic imine (C=N–C) groups is 1. The Morgan fingerprint density at radius 2 is 1.88 bits per heavy atom. The molecule has 0 spiro atoms. The smallest absolute Gasteiger partial charge is 0.180 e. The van der Waals surface area contributed by atoms with E-state index in [1.54, 1.807) is 37.6 Å². The Balaban J connectivity index is 1.45. The number of nitrogens with zero attached hydrogens (tertiary/aromatic N) is 2. The molecule has 32 heavy (non-hydrogen) atoms. The monoisotopic (exact) mass is 454 g/mol.